The van der Waals surface area contributed by atoms with Gasteiger partial charge < -0.3 is 20.1 Å². The highest BCUT2D eigenvalue weighted by molar-refractivity contribution is 6.32. The van der Waals surface area contributed by atoms with Crippen LogP contribution in [0.25, 0.3) is 0 Å². The van der Waals surface area contributed by atoms with Crippen LogP contribution in [0.4, 0.5) is 4.79 Å². The van der Waals surface area contributed by atoms with Crippen LogP contribution in [0.2, 0.25) is 5.02 Å². The van der Waals surface area contributed by atoms with Gasteiger partial charge in [0.25, 0.3) is 0 Å². The van der Waals surface area contributed by atoms with Crippen molar-refractivity contribution in [2.75, 3.05) is 26.2 Å². The van der Waals surface area contributed by atoms with E-state index in [9.17, 15) is 9.90 Å². The summed E-state index contributed by atoms with van der Waals surface area (Å²) in [6.45, 7) is 3.84. The molecule has 2 atom stereocenters. The SMILES string of the molecule is C[C@H](O)[C@H]1CCN(C(=O)NCCOc2ccccc2Cl)C1. The second kappa shape index (κ2) is 7.52. The molecule has 0 unspecified atom stereocenters. The van der Waals surface area contributed by atoms with Gasteiger partial charge in [-0.3, -0.25) is 0 Å². The summed E-state index contributed by atoms with van der Waals surface area (Å²) < 4.78 is 5.50. The summed E-state index contributed by atoms with van der Waals surface area (Å²) in [6.07, 6.45) is 0.479. The molecular formula is C15H21ClN2O3. The zero-order valence-corrected chi connectivity index (χ0v) is 12.8. The average molecular weight is 313 g/mol. The minimum absolute atomic E-state index is 0.110. The van der Waals surface area contributed by atoms with Gasteiger partial charge in [-0.2, -0.15) is 0 Å². The second-order valence-electron chi connectivity index (χ2n) is 5.25. The number of ether oxygens (including phenoxy) is 1. The van der Waals surface area contributed by atoms with Crippen LogP contribution in [0, 0.1) is 5.92 Å². The Hall–Kier alpha value is -1.46. The minimum atomic E-state index is -0.369. The average Bonchev–Trinajstić information content (AvgIpc) is 2.95. The number of benzene rings is 1. The Morgan fingerprint density at radius 3 is 3.00 bits per heavy atom. The van der Waals surface area contributed by atoms with Crippen LogP contribution in [0.1, 0.15) is 13.3 Å². The number of hydrogen-bond acceptors (Lipinski definition) is 3. The second-order valence-corrected chi connectivity index (χ2v) is 5.65. The van der Waals surface area contributed by atoms with E-state index in [1.807, 2.05) is 12.1 Å². The fraction of sp³-hybridized carbons (Fsp3) is 0.533. The zero-order valence-electron chi connectivity index (χ0n) is 12.1. The summed E-state index contributed by atoms with van der Waals surface area (Å²) in [5.41, 5.74) is 0. The van der Waals surface area contributed by atoms with Gasteiger partial charge in [-0.1, -0.05) is 23.7 Å². The van der Waals surface area contributed by atoms with Gasteiger partial charge in [-0.15, -0.1) is 0 Å². The lowest BCUT2D eigenvalue weighted by atomic mass is 10.0. The number of carbonyl (C=O) groups excluding carboxylic acids is 1. The molecule has 1 aromatic carbocycles. The third-order valence-electron chi connectivity index (χ3n) is 3.67. The highest BCUT2D eigenvalue weighted by Crippen LogP contribution is 2.22. The largest absolute Gasteiger partial charge is 0.490 e. The number of nitrogens with zero attached hydrogens (tertiary/aromatic N) is 1. The number of likely N-dealkylation sites (tertiary alicyclic amines) is 1. The summed E-state index contributed by atoms with van der Waals surface area (Å²) in [7, 11) is 0. The van der Waals surface area contributed by atoms with Crippen LogP contribution in [0.15, 0.2) is 24.3 Å². The fourth-order valence-electron chi connectivity index (χ4n) is 2.36. The number of aliphatic hydroxyl groups excluding tert-OH is 1. The molecule has 6 heteroatoms. The van der Waals surface area contributed by atoms with Gasteiger partial charge in [0.15, 0.2) is 0 Å². The van der Waals surface area contributed by atoms with Crippen molar-refractivity contribution in [2.45, 2.75) is 19.4 Å². The lowest BCUT2D eigenvalue weighted by Gasteiger charge is -2.18. The zero-order chi connectivity index (χ0) is 15.2. The van der Waals surface area contributed by atoms with Crippen LogP contribution < -0.4 is 10.1 Å². The van der Waals surface area contributed by atoms with Crippen molar-refractivity contribution >= 4 is 17.6 Å². The highest BCUT2D eigenvalue weighted by atomic mass is 35.5. The van der Waals surface area contributed by atoms with E-state index >= 15 is 0 Å². The molecular weight excluding hydrogens is 292 g/mol. The smallest absolute Gasteiger partial charge is 0.317 e. The predicted molar refractivity (Wildman–Crippen MR) is 81.7 cm³/mol. The molecule has 0 aromatic heterocycles. The summed E-state index contributed by atoms with van der Waals surface area (Å²) in [5, 5.41) is 12.9. The monoisotopic (exact) mass is 312 g/mol. The summed E-state index contributed by atoms with van der Waals surface area (Å²) in [5.74, 6) is 0.791. The molecule has 2 N–H and O–H groups in total. The maximum atomic E-state index is 11.9. The Balaban J connectivity index is 1.67. The lowest BCUT2D eigenvalue weighted by molar-refractivity contribution is 0.129. The van der Waals surface area contributed by atoms with Crippen molar-refractivity contribution in [3.63, 3.8) is 0 Å². The first-order chi connectivity index (χ1) is 10.1. The topological polar surface area (TPSA) is 61.8 Å². The molecule has 1 aromatic rings. The van der Waals surface area contributed by atoms with E-state index in [0.717, 1.165) is 6.42 Å². The first kappa shape index (κ1) is 15.9. The van der Waals surface area contributed by atoms with Gasteiger partial charge in [-0.25, -0.2) is 4.79 Å². The Morgan fingerprint density at radius 1 is 1.57 bits per heavy atom. The van der Waals surface area contributed by atoms with Crippen LogP contribution in [0.5, 0.6) is 5.75 Å². The van der Waals surface area contributed by atoms with Crippen molar-refractivity contribution in [2.24, 2.45) is 5.92 Å². The fourth-order valence-corrected chi connectivity index (χ4v) is 2.55. The number of amides is 2. The van der Waals surface area contributed by atoms with Crippen molar-refractivity contribution in [1.82, 2.24) is 10.2 Å². The molecule has 2 amide bonds. The summed E-state index contributed by atoms with van der Waals surface area (Å²) in [6, 6.07) is 7.12. The number of carbonyl (C=O) groups is 1. The van der Waals surface area contributed by atoms with E-state index < -0.39 is 0 Å². The molecule has 21 heavy (non-hydrogen) atoms. The summed E-state index contributed by atoms with van der Waals surface area (Å²) in [4.78, 5) is 13.7. The summed E-state index contributed by atoms with van der Waals surface area (Å²) >= 11 is 5.97. The number of halogens is 1. The number of rotatable bonds is 5. The molecule has 1 heterocycles. The molecule has 1 saturated heterocycles. The van der Waals surface area contributed by atoms with E-state index in [1.54, 1.807) is 24.0 Å². The maximum absolute atomic E-state index is 11.9. The van der Waals surface area contributed by atoms with Gasteiger partial charge in [0.05, 0.1) is 17.7 Å². The molecule has 2 rings (SSSR count). The molecule has 1 aliphatic heterocycles. The third kappa shape index (κ3) is 4.51. The Morgan fingerprint density at radius 2 is 2.33 bits per heavy atom. The molecule has 116 valence electrons. The van der Waals surface area contributed by atoms with Crippen molar-refractivity contribution in [1.29, 1.82) is 0 Å². The number of nitrogens with one attached hydrogen (secondary N) is 1. The number of urea groups is 1. The van der Waals surface area contributed by atoms with E-state index in [2.05, 4.69) is 5.32 Å². The molecule has 0 saturated carbocycles. The molecule has 5 nitrogen and oxygen atoms in total. The highest BCUT2D eigenvalue weighted by Gasteiger charge is 2.28. The lowest BCUT2D eigenvalue weighted by Crippen LogP contribution is -2.40. The van der Waals surface area contributed by atoms with Gasteiger partial charge in [-0.05, 0) is 25.5 Å². The van der Waals surface area contributed by atoms with Crippen LogP contribution in [-0.2, 0) is 0 Å². The Bertz CT molecular complexity index is 482. The van der Waals surface area contributed by atoms with Gasteiger partial charge in [0, 0.05) is 19.0 Å². The van der Waals surface area contributed by atoms with Crippen LogP contribution in [0.3, 0.4) is 0 Å². The standard InChI is InChI=1S/C15H21ClN2O3/c1-11(19)12-6-8-18(10-12)15(20)17-7-9-21-14-5-3-2-4-13(14)16/h2-5,11-12,19H,6-10H2,1H3,(H,17,20)/t11-,12-/m0/s1. The first-order valence-corrected chi connectivity index (χ1v) is 7.54. The third-order valence-corrected chi connectivity index (χ3v) is 3.98. The maximum Gasteiger partial charge on any atom is 0.317 e. The number of aliphatic hydroxyl groups is 1. The first-order valence-electron chi connectivity index (χ1n) is 7.16. The number of para-hydroxylation sites is 1. The molecule has 0 spiro atoms. The normalized spacial score (nSPS) is 19.4. The predicted octanol–water partition coefficient (Wildman–Crippen LogP) is 2.13. The van der Waals surface area contributed by atoms with Gasteiger partial charge in [0.2, 0.25) is 0 Å². The molecule has 0 aliphatic carbocycles. The Kier molecular flexibility index (Phi) is 5.70. The molecule has 1 fully saturated rings. The minimum Gasteiger partial charge on any atom is -0.490 e. The quantitative estimate of drug-likeness (QED) is 0.819. The van der Waals surface area contributed by atoms with Crippen molar-refractivity contribution < 1.29 is 14.6 Å². The molecule has 0 bridgehead atoms. The molecule has 1 aliphatic rings. The van der Waals surface area contributed by atoms with Crippen LogP contribution >= 0.6 is 11.6 Å². The van der Waals surface area contributed by atoms with E-state index in [1.165, 1.54) is 0 Å². The van der Waals surface area contributed by atoms with Crippen molar-refractivity contribution in [3.8, 4) is 5.75 Å². The number of hydrogen-bond donors (Lipinski definition) is 2. The van der Waals surface area contributed by atoms with Crippen molar-refractivity contribution in [3.05, 3.63) is 29.3 Å². The Labute approximate surface area is 129 Å². The van der Waals surface area contributed by atoms with Crippen LogP contribution in [-0.4, -0.2) is 48.4 Å². The molecule has 0 radical (unpaired) electrons. The van der Waals surface area contributed by atoms with E-state index in [4.69, 9.17) is 16.3 Å². The van der Waals surface area contributed by atoms with Gasteiger partial charge >= 0.3 is 6.03 Å². The van der Waals surface area contributed by atoms with Gasteiger partial charge in [0.1, 0.15) is 12.4 Å². The van der Waals surface area contributed by atoms with E-state index in [-0.39, 0.29) is 18.1 Å². The van der Waals surface area contributed by atoms with E-state index in [0.29, 0.717) is 37.0 Å².